The van der Waals surface area contributed by atoms with E-state index < -0.39 is 0 Å². The molecule has 17 heavy (non-hydrogen) atoms. The first-order valence-electron chi connectivity index (χ1n) is 6.74. The molecule has 0 radical (unpaired) electrons. The molecule has 0 spiro atoms. The number of carbonyl (C=O) groups is 2. The lowest BCUT2D eigenvalue weighted by Crippen LogP contribution is -2.46. The van der Waals surface area contributed by atoms with Crippen molar-refractivity contribution in [1.29, 1.82) is 0 Å². The molecule has 0 amide bonds. The summed E-state index contributed by atoms with van der Waals surface area (Å²) in [4.78, 5) is 26.4. The zero-order valence-electron chi connectivity index (χ0n) is 11.1. The number of piperidine rings is 1. The van der Waals surface area contributed by atoms with Crippen LogP contribution in [0.3, 0.4) is 0 Å². The molecule has 1 heterocycles. The molecule has 2 fully saturated rings. The monoisotopic (exact) mass is 237 g/mol. The Kier molecular flexibility index (Phi) is 3.67. The van der Waals surface area contributed by atoms with Gasteiger partial charge in [0, 0.05) is 18.9 Å². The van der Waals surface area contributed by atoms with E-state index in [1.54, 1.807) is 0 Å². The summed E-state index contributed by atoms with van der Waals surface area (Å²) >= 11 is 0. The van der Waals surface area contributed by atoms with Crippen LogP contribution in [0.5, 0.6) is 0 Å². The lowest BCUT2D eigenvalue weighted by molar-refractivity contribution is -0.139. The van der Waals surface area contributed by atoms with Gasteiger partial charge in [-0.15, -0.1) is 0 Å². The fourth-order valence-electron chi connectivity index (χ4n) is 3.31. The predicted molar refractivity (Wildman–Crippen MR) is 66.7 cm³/mol. The van der Waals surface area contributed by atoms with Gasteiger partial charge in [-0.05, 0) is 38.3 Å². The van der Waals surface area contributed by atoms with E-state index in [1.165, 1.54) is 0 Å². The van der Waals surface area contributed by atoms with Crippen molar-refractivity contribution in [3.8, 4) is 0 Å². The van der Waals surface area contributed by atoms with E-state index in [-0.39, 0.29) is 23.4 Å². The molecular formula is C14H23NO2. The summed E-state index contributed by atoms with van der Waals surface area (Å²) in [5.74, 6) is 1.13. The Morgan fingerprint density at radius 3 is 2.71 bits per heavy atom. The third-order valence-electron chi connectivity index (χ3n) is 4.40. The van der Waals surface area contributed by atoms with Gasteiger partial charge in [0.2, 0.25) is 0 Å². The molecule has 1 saturated carbocycles. The molecule has 0 N–H and O–H groups in total. The second-order valence-corrected chi connectivity index (χ2v) is 6.09. The number of likely N-dealkylation sites (tertiary alicyclic amines) is 1. The van der Waals surface area contributed by atoms with Gasteiger partial charge in [-0.2, -0.15) is 0 Å². The Morgan fingerprint density at radius 2 is 2.06 bits per heavy atom. The van der Waals surface area contributed by atoms with E-state index in [4.69, 9.17) is 0 Å². The lowest BCUT2D eigenvalue weighted by Gasteiger charge is -2.41. The molecule has 0 aromatic rings. The fourth-order valence-corrected chi connectivity index (χ4v) is 3.31. The van der Waals surface area contributed by atoms with Crippen LogP contribution in [0.1, 0.15) is 33.1 Å². The Balaban J connectivity index is 2.07. The van der Waals surface area contributed by atoms with Crippen LogP contribution in [-0.4, -0.2) is 36.6 Å². The molecule has 3 heteroatoms. The molecule has 2 aliphatic rings. The van der Waals surface area contributed by atoms with E-state index in [2.05, 4.69) is 11.9 Å². The van der Waals surface area contributed by atoms with Crippen LogP contribution in [0.15, 0.2) is 0 Å². The van der Waals surface area contributed by atoms with Crippen LogP contribution >= 0.6 is 0 Å². The smallest absolute Gasteiger partial charge is 0.145 e. The normalized spacial score (nSPS) is 34.8. The highest BCUT2D eigenvalue weighted by molar-refractivity contribution is 6.03. The van der Waals surface area contributed by atoms with Crippen molar-refractivity contribution in [1.82, 2.24) is 4.90 Å². The first kappa shape index (κ1) is 12.7. The predicted octanol–water partition coefficient (Wildman–Crippen LogP) is 1.76. The maximum Gasteiger partial charge on any atom is 0.145 e. The van der Waals surface area contributed by atoms with Gasteiger partial charge < -0.3 is 4.90 Å². The third kappa shape index (κ3) is 2.59. The van der Waals surface area contributed by atoms with Gasteiger partial charge in [-0.1, -0.05) is 13.8 Å². The Hall–Kier alpha value is -0.700. The third-order valence-corrected chi connectivity index (χ3v) is 4.40. The zero-order valence-corrected chi connectivity index (χ0v) is 11.1. The van der Waals surface area contributed by atoms with E-state index in [1.807, 2.05) is 13.8 Å². The molecule has 1 aliphatic heterocycles. The number of rotatable bonds is 2. The molecule has 1 saturated heterocycles. The van der Waals surface area contributed by atoms with Gasteiger partial charge in [0.1, 0.15) is 11.6 Å². The van der Waals surface area contributed by atoms with E-state index in [0.717, 1.165) is 25.9 Å². The average molecular weight is 237 g/mol. The number of ketones is 2. The number of hydrogen-bond acceptors (Lipinski definition) is 3. The summed E-state index contributed by atoms with van der Waals surface area (Å²) in [6, 6.07) is 0. The largest absolute Gasteiger partial charge is 0.306 e. The minimum absolute atomic E-state index is 0.0122. The summed E-state index contributed by atoms with van der Waals surface area (Å²) in [6.07, 6.45) is 2.56. The van der Waals surface area contributed by atoms with Crippen molar-refractivity contribution >= 4 is 11.6 Å². The average Bonchev–Trinajstić information content (AvgIpc) is 2.27. The first-order valence-corrected chi connectivity index (χ1v) is 6.74. The lowest BCUT2D eigenvalue weighted by atomic mass is 9.68. The number of hydrogen-bond donors (Lipinski definition) is 0. The topological polar surface area (TPSA) is 37.4 Å². The standard InChI is InChI=1S/C14H23NO2/c1-9(2)14(17)12-6-11-8-15(3)5-4-10(11)7-13(12)16/h9-12H,4-8H2,1-3H3. The Morgan fingerprint density at radius 1 is 1.35 bits per heavy atom. The summed E-state index contributed by atoms with van der Waals surface area (Å²) in [5, 5.41) is 0. The van der Waals surface area contributed by atoms with Gasteiger partial charge in [0.15, 0.2) is 0 Å². The molecule has 3 nitrogen and oxygen atoms in total. The summed E-state index contributed by atoms with van der Waals surface area (Å²) < 4.78 is 0. The molecular weight excluding hydrogens is 214 g/mol. The SMILES string of the molecule is CC(C)C(=O)C1CC2CN(C)CCC2CC1=O. The maximum atomic E-state index is 12.0. The molecule has 2 rings (SSSR count). The molecule has 3 unspecified atom stereocenters. The van der Waals surface area contributed by atoms with Crippen LogP contribution in [0.2, 0.25) is 0 Å². The molecule has 0 aromatic carbocycles. The highest BCUT2D eigenvalue weighted by Crippen LogP contribution is 2.37. The molecule has 0 aromatic heterocycles. The minimum atomic E-state index is -0.303. The summed E-state index contributed by atoms with van der Waals surface area (Å²) in [6.45, 7) is 5.94. The van der Waals surface area contributed by atoms with Crippen LogP contribution in [-0.2, 0) is 9.59 Å². The molecule has 96 valence electrons. The highest BCUT2D eigenvalue weighted by Gasteiger charge is 2.41. The molecule has 1 aliphatic carbocycles. The van der Waals surface area contributed by atoms with Crippen molar-refractivity contribution < 1.29 is 9.59 Å². The van der Waals surface area contributed by atoms with Crippen molar-refractivity contribution in [3.05, 3.63) is 0 Å². The number of carbonyl (C=O) groups excluding carboxylic acids is 2. The van der Waals surface area contributed by atoms with E-state index in [9.17, 15) is 9.59 Å². The Bertz CT molecular complexity index is 324. The Labute approximate surface area is 104 Å². The van der Waals surface area contributed by atoms with Crippen LogP contribution in [0.4, 0.5) is 0 Å². The van der Waals surface area contributed by atoms with E-state index >= 15 is 0 Å². The highest BCUT2D eigenvalue weighted by atomic mass is 16.2. The first-order chi connectivity index (χ1) is 7.99. The maximum absolute atomic E-state index is 12.0. The summed E-state index contributed by atoms with van der Waals surface area (Å²) in [7, 11) is 2.13. The molecule has 3 atom stereocenters. The van der Waals surface area contributed by atoms with Crippen molar-refractivity contribution in [2.75, 3.05) is 20.1 Å². The number of fused-ring (bicyclic) bond motifs is 1. The molecule has 0 bridgehead atoms. The van der Waals surface area contributed by atoms with Crippen LogP contribution in [0.25, 0.3) is 0 Å². The summed E-state index contributed by atoms with van der Waals surface area (Å²) in [5.41, 5.74) is 0. The van der Waals surface area contributed by atoms with Crippen molar-refractivity contribution in [2.24, 2.45) is 23.7 Å². The van der Waals surface area contributed by atoms with Crippen LogP contribution in [0, 0.1) is 23.7 Å². The van der Waals surface area contributed by atoms with Gasteiger partial charge in [-0.3, -0.25) is 9.59 Å². The minimum Gasteiger partial charge on any atom is -0.306 e. The van der Waals surface area contributed by atoms with E-state index in [0.29, 0.717) is 18.3 Å². The van der Waals surface area contributed by atoms with Gasteiger partial charge in [0.25, 0.3) is 0 Å². The zero-order chi connectivity index (χ0) is 12.6. The number of nitrogens with zero attached hydrogens (tertiary/aromatic N) is 1. The van der Waals surface area contributed by atoms with Gasteiger partial charge >= 0.3 is 0 Å². The number of Topliss-reactive ketones (excluding diaryl/α,β-unsaturated/α-hetero) is 2. The fraction of sp³-hybridized carbons (Fsp3) is 0.857. The van der Waals surface area contributed by atoms with Gasteiger partial charge in [-0.25, -0.2) is 0 Å². The second-order valence-electron chi connectivity index (χ2n) is 6.09. The van der Waals surface area contributed by atoms with Crippen molar-refractivity contribution in [3.63, 3.8) is 0 Å². The van der Waals surface area contributed by atoms with Gasteiger partial charge in [0.05, 0.1) is 5.92 Å². The second kappa shape index (κ2) is 4.89. The van der Waals surface area contributed by atoms with Crippen molar-refractivity contribution in [2.45, 2.75) is 33.1 Å². The van der Waals surface area contributed by atoms with Crippen LogP contribution < -0.4 is 0 Å². The quantitative estimate of drug-likeness (QED) is 0.687.